The molecule has 1 N–H and O–H groups in total. The summed E-state index contributed by atoms with van der Waals surface area (Å²) in [6.45, 7) is 2.06. The molecule has 7 nitrogen and oxygen atoms in total. The van der Waals surface area contributed by atoms with Crippen LogP contribution in [0.25, 0.3) is 0 Å². The molecule has 0 aromatic heterocycles. The number of amides is 3. The average molecular weight is 406 g/mol. The van der Waals surface area contributed by atoms with Gasteiger partial charge in [0.2, 0.25) is 5.91 Å². The molecule has 0 saturated carbocycles. The molecule has 0 radical (unpaired) electrons. The van der Waals surface area contributed by atoms with E-state index in [4.69, 9.17) is 4.74 Å². The topological polar surface area (TPSA) is 65.1 Å². The van der Waals surface area contributed by atoms with E-state index in [2.05, 4.69) is 5.32 Å². The van der Waals surface area contributed by atoms with Crippen molar-refractivity contribution in [3.8, 4) is 0 Å². The van der Waals surface area contributed by atoms with Gasteiger partial charge >= 0.3 is 6.03 Å². The number of anilines is 1. The number of benzene rings is 1. The number of carbonyl (C=O) groups is 2. The zero-order valence-corrected chi connectivity index (χ0v) is 16.0. The van der Waals surface area contributed by atoms with Crippen LogP contribution in [0.3, 0.4) is 0 Å². The average Bonchev–Trinajstić information content (AvgIpc) is 2.64. The van der Waals surface area contributed by atoms with Crippen LogP contribution in [0.15, 0.2) is 24.3 Å². The molecule has 4 heterocycles. The van der Waals surface area contributed by atoms with Crippen molar-refractivity contribution < 1.29 is 23.1 Å². The molecule has 4 aliphatic rings. The lowest BCUT2D eigenvalue weighted by molar-refractivity contribution is -0.139. The fraction of sp³-hybridized carbons (Fsp3) is 0.600. The SMILES string of the molecule is O=C1CO[C@H]2CCN(C(=O)N3CC(c4ccc(N5CC(F)(F)C5)cc4)C3)C[C@H]2N1. The minimum atomic E-state index is -2.57. The van der Waals surface area contributed by atoms with Crippen LogP contribution in [-0.4, -0.2) is 85.7 Å². The van der Waals surface area contributed by atoms with Crippen LogP contribution in [-0.2, 0) is 9.53 Å². The molecule has 9 heteroatoms. The Hall–Kier alpha value is -2.42. The molecule has 156 valence electrons. The summed E-state index contributed by atoms with van der Waals surface area (Å²) >= 11 is 0. The smallest absolute Gasteiger partial charge is 0.320 e. The van der Waals surface area contributed by atoms with Crippen LogP contribution in [0.1, 0.15) is 17.9 Å². The Kier molecular flexibility index (Phi) is 4.38. The van der Waals surface area contributed by atoms with E-state index in [9.17, 15) is 18.4 Å². The summed E-state index contributed by atoms with van der Waals surface area (Å²) in [5.74, 6) is -2.44. The first-order valence-electron chi connectivity index (χ1n) is 10.1. The highest BCUT2D eigenvalue weighted by atomic mass is 19.3. The Labute approximate surface area is 167 Å². The van der Waals surface area contributed by atoms with Gasteiger partial charge in [-0.3, -0.25) is 4.79 Å². The fourth-order valence-corrected chi connectivity index (χ4v) is 4.57. The third-order valence-corrected chi connectivity index (χ3v) is 6.32. The highest BCUT2D eigenvalue weighted by Crippen LogP contribution is 2.34. The lowest BCUT2D eigenvalue weighted by atomic mass is 9.91. The molecule has 0 unspecified atom stereocenters. The Morgan fingerprint density at radius 3 is 2.52 bits per heavy atom. The van der Waals surface area contributed by atoms with E-state index in [0.29, 0.717) is 26.2 Å². The van der Waals surface area contributed by atoms with Gasteiger partial charge in [-0.15, -0.1) is 0 Å². The number of nitrogens with one attached hydrogen (secondary N) is 1. The van der Waals surface area contributed by atoms with Gasteiger partial charge in [-0.2, -0.15) is 0 Å². The number of hydrogen-bond acceptors (Lipinski definition) is 4. The maximum Gasteiger partial charge on any atom is 0.320 e. The highest BCUT2D eigenvalue weighted by Gasteiger charge is 2.44. The Balaban J connectivity index is 1.13. The third-order valence-electron chi connectivity index (χ3n) is 6.32. The lowest BCUT2D eigenvalue weighted by Crippen LogP contribution is -2.63. The normalized spacial score (nSPS) is 28.9. The molecule has 4 saturated heterocycles. The number of morpholine rings is 1. The zero-order valence-electron chi connectivity index (χ0n) is 16.0. The van der Waals surface area contributed by atoms with Gasteiger partial charge < -0.3 is 24.8 Å². The van der Waals surface area contributed by atoms with E-state index in [0.717, 1.165) is 17.7 Å². The zero-order chi connectivity index (χ0) is 20.2. The maximum atomic E-state index is 13.0. The van der Waals surface area contributed by atoms with Gasteiger partial charge in [-0.1, -0.05) is 12.1 Å². The van der Waals surface area contributed by atoms with Gasteiger partial charge in [-0.25, -0.2) is 13.6 Å². The monoisotopic (exact) mass is 406 g/mol. The number of ether oxygens (including phenoxy) is 1. The molecule has 0 bridgehead atoms. The molecule has 0 aliphatic carbocycles. The van der Waals surface area contributed by atoms with Crippen LogP contribution in [0, 0.1) is 0 Å². The summed E-state index contributed by atoms with van der Waals surface area (Å²) in [6.07, 6.45) is 0.719. The summed E-state index contributed by atoms with van der Waals surface area (Å²) in [5, 5.41) is 2.91. The van der Waals surface area contributed by atoms with Crippen LogP contribution >= 0.6 is 0 Å². The molecule has 4 aliphatic heterocycles. The first-order chi connectivity index (χ1) is 13.9. The number of alkyl halides is 2. The van der Waals surface area contributed by atoms with Crippen molar-refractivity contribution >= 4 is 17.6 Å². The molecule has 29 heavy (non-hydrogen) atoms. The Morgan fingerprint density at radius 2 is 1.83 bits per heavy atom. The third kappa shape index (κ3) is 3.52. The van der Waals surface area contributed by atoms with Crippen molar-refractivity contribution in [2.75, 3.05) is 50.8 Å². The number of halogens is 2. The van der Waals surface area contributed by atoms with Gasteiger partial charge in [0.25, 0.3) is 5.92 Å². The predicted octanol–water partition coefficient (Wildman–Crippen LogP) is 1.25. The minimum absolute atomic E-state index is 0.000969. The number of likely N-dealkylation sites (tertiary alicyclic amines) is 2. The summed E-state index contributed by atoms with van der Waals surface area (Å²) < 4.78 is 31.6. The number of hydrogen-bond donors (Lipinski definition) is 1. The quantitative estimate of drug-likeness (QED) is 0.803. The van der Waals surface area contributed by atoms with Crippen molar-refractivity contribution in [1.29, 1.82) is 0 Å². The minimum Gasteiger partial charge on any atom is -0.366 e. The number of carbonyl (C=O) groups excluding carboxylic acids is 2. The van der Waals surface area contributed by atoms with Gasteiger partial charge in [-0.05, 0) is 24.1 Å². The molecule has 4 fully saturated rings. The number of piperidine rings is 1. The van der Waals surface area contributed by atoms with E-state index >= 15 is 0 Å². The molecule has 1 aromatic carbocycles. The second kappa shape index (κ2) is 6.83. The van der Waals surface area contributed by atoms with Gasteiger partial charge in [0.05, 0.1) is 25.2 Å². The summed E-state index contributed by atoms with van der Waals surface area (Å²) in [4.78, 5) is 29.6. The van der Waals surface area contributed by atoms with E-state index in [1.165, 1.54) is 0 Å². The molecule has 1 aromatic rings. The van der Waals surface area contributed by atoms with Crippen molar-refractivity contribution in [2.24, 2.45) is 0 Å². The van der Waals surface area contributed by atoms with E-state index in [1.54, 1.807) is 9.80 Å². The first kappa shape index (κ1) is 18.6. The number of nitrogens with zero attached hydrogens (tertiary/aromatic N) is 3. The number of urea groups is 1. The van der Waals surface area contributed by atoms with E-state index < -0.39 is 5.92 Å². The molecular formula is C20H24F2N4O3. The van der Waals surface area contributed by atoms with Crippen LogP contribution in [0.2, 0.25) is 0 Å². The summed E-state index contributed by atoms with van der Waals surface area (Å²) in [5.41, 5.74) is 1.93. The standard InChI is InChI=1S/C20H24F2N4O3/c21-20(22)11-26(12-20)15-3-1-13(2-4-15)14-7-25(8-14)19(28)24-6-5-17-16(9-24)23-18(27)10-29-17/h1-4,14,16-17H,5-12H2,(H,23,27)/t16-,17+/m1/s1. The van der Waals surface area contributed by atoms with Crippen molar-refractivity contribution in [1.82, 2.24) is 15.1 Å². The summed E-state index contributed by atoms with van der Waals surface area (Å²) in [7, 11) is 0. The Morgan fingerprint density at radius 1 is 1.10 bits per heavy atom. The molecular weight excluding hydrogens is 382 g/mol. The molecule has 2 atom stereocenters. The van der Waals surface area contributed by atoms with Crippen molar-refractivity contribution in [3.63, 3.8) is 0 Å². The predicted molar refractivity (Wildman–Crippen MR) is 101 cm³/mol. The van der Waals surface area contributed by atoms with Crippen LogP contribution < -0.4 is 10.2 Å². The maximum absolute atomic E-state index is 13.0. The van der Waals surface area contributed by atoms with E-state index in [1.807, 2.05) is 29.2 Å². The van der Waals surface area contributed by atoms with Crippen LogP contribution in [0.4, 0.5) is 19.3 Å². The van der Waals surface area contributed by atoms with Crippen molar-refractivity contribution in [2.45, 2.75) is 30.4 Å². The lowest BCUT2D eigenvalue weighted by Gasteiger charge is -2.46. The number of fused-ring (bicyclic) bond motifs is 1. The van der Waals surface area contributed by atoms with Gasteiger partial charge in [0.1, 0.15) is 6.61 Å². The van der Waals surface area contributed by atoms with Gasteiger partial charge in [0, 0.05) is 37.8 Å². The Bertz CT molecular complexity index is 804. The van der Waals surface area contributed by atoms with Gasteiger partial charge in [0.15, 0.2) is 0 Å². The molecule has 0 spiro atoms. The summed E-state index contributed by atoms with van der Waals surface area (Å²) in [6, 6.07) is 7.57. The second-order valence-electron chi connectivity index (χ2n) is 8.45. The second-order valence-corrected chi connectivity index (χ2v) is 8.45. The number of rotatable bonds is 2. The fourth-order valence-electron chi connectivity index (χ4n) is 4.57. The molecule has 3 amide bonds. The largest absolute Gasteiger partial charge is 0.366 e. The van der Waals surface area contributed by atoms with E-state index in [-0.39, 0.29) is 49.7 Å². The van der Waals surface area contributed by atoms with Crippen molar-refractivity contribution in [3.05, 3.63) is 29.8 Å². The first-order valence-corrected chi connectivity index (χ1v) is 10.1. The molecule has 5 rings (SSSR count). The highest BCUT2D eigenvalue weighted by molar-refractivity contribution is 5.79. The van der Waals surface area contributed by atoms with Crippen LogP contribution in [0.5, 0.6) is 0 Å².